The average molecular weight is 722 g/mol. The highest BCUT2D eigenvalue weighted by Gasteiger charge is 2.38. The van der Waals surface area contributed by atoms with Gasteiger partial charge in [0, 0.05) is 25.7 Å². The molecule has 0 radical (unpaired) electrons. The molecule has 0 unspecified atom stereocenters. The molecule has 16 heteroatoms. The van der Waals surface area contributed by atoms with Gasteiger partial charge in [-0.1, -0.05) is 35.9 Å². The number of aromatic nitrogens is 4. The third kappa shape index (κ3) is 6.93. The maximum Gasteiger partial charge on any atom is 0.573 e. The van der Waals surface area contributed by atoms with Gasteiger partial charge in [-0.3, -0.25) is 4.79 Å². The number of pyridine rings is 1. The van der Waals surface area contributed by atoms with E-state index in [1.54, 1.807) is 13.8 Å². The molecule has 2 aromatic heterocycles. The lowest BCUT2D eigenvalue weighted by molar-refractivity contribution is -0.274. The van der Waals surface area contributed by atoms with E-state index in [0.717, 1.165) is 23.1 Å². The van der Waals surface area contributed by atoms with E-state index in [1.165, 1.54) is 34.4 Å². The van der Waals surface area contributed by atoms with Crippen molar-refractivity contribution < 1.29 is 40.6 Å². The molecule has 2 aliphatic rings. The fourth-order valence-corrected chi connectivity index (χ4v) is 8.53. The molecule has 2 atom stereocenters. The van der Waals surface area contributed by atoms with E-state index in [-0.39, 0.29) is 52.9 Å². The normalized spacial score (nSPS) is 18.0. The molecular weight excluding hydrogens is 687 g/mol. The molecular formula is C33H35ClF3N5O6S. The Labute approximate surface area is 286 Å². The van der Waals surface area contributed by atoms with Gasteiger partial charge < -0.3 is 14.2 Å². The number of fused-ring (bicyclic) bond motifs is 3. The van der Waals surface area contributed by atoms with Crippen molar-refractivity contribution >= 4 is 38.6 Å². The Bertz CT molecular complexity index is 2040. The molecule has 11 nitrogen and oxygen atoms in total. The summed E-state index contributed by atoms with van der Waals surface area (Å²) < 4.78 is 87.4. The first kappa shape index (κ1) is 34.9. The first-order chi connectivity index (χ1) is 23.2. The summed E-state index contributed by atoms with van der Waals surface area (Å²) >= 11 is 6.17. The zero-order chi connectivity index (χ0) is 35.2. The number of esters is 1. The van der Waals surface area contributed by atoms with Crippen LogP contribution in [-0.4, -0.2) is 64.3 Å². The van der Waals surface area contributed by atoms with Gasteiger partial charge in [0.05, 0.1) is 24.6 Å². The molecule has 0 saturated carbocycles. The highest BCUT2D eigenvalue weighted by Crippen LogP contribution is 2.42. The van der Waals surface area contributed by atoms with E-state index in [1.807, 2.05) is 19.1 Å². The van der Waals surface area contributed by atoms with Crippen molar-refractivity contribution in [1.82, 2.24) is 24.3 Å². The molecule has 4 aromatic rings. The number of benzene rings is 2. The SMILES string of the molecule is CCOC(=O)C[C@H](c1cc2c(c(CN3C[C@@H](CC)Oc4ncc(Cl)cc4S3(=O)=O)c1)CCC2)c1cc(OC(F)(F)F)c2c(nnn2C)c1C. The summed E-state index contributed by atoms with van der Waals surface area (Å²) in [5.74, 6) is -1.86. The number of ether oxygens (including phenoxy) is 3. The minimum atomic E-state index is -5.00. The number of hydrogen-bond acceptors (Lipinski definition) is 9. The summed E-state index contributed by atoms with van der Waals surface area (Å²) in [6, 6.07) is 6.40. The van der Waals surface area contributed by atoms with Crippen molar-refractivity contribution in [3.63, 3.8) is 0 Å². The predicted molar refractivity (Wildman–Crippen MR) is 173 cm³/mol. The quantitative estimate of drug-likeness (QED) is 0.187. The lowest BCUT2D eigenvalue weighted by Crippen LogP contribution is -2.36. The van der Waals surface area contributed by atoms with Crippen LogP contribution in [0.3, 0.4) is 0 Å². The van der Waals surface area contributed by atoms with Crippen LogP contribution in [0.1, 0.15) is 72.4 Å². The van der Waals surface area contributed by atoms with Gasteiger partial charge in [-0.15, -0.1) is 18.3 Å². The number of nitrogens with zero attached hydrogens (tertiary/aromatic N) is 5. The molecule has 49 heavy (non-hydrogen) atoms. The van der Waals surface area contributed by atoms with Gasteiger partial charge in [0.1, 0.15) is 22.0 Å². The second kappa shape index (κ2) is 13.4. The van der Waals surface area contributed by atoms with Crippen LogP contribution in [0.5, 0.6) is 11.6 Å². The molecule has 6 rings (SSSR count). The molecule has 0 saturated heterocycles. The molecule has 0 bridgehead atoms. The summed E-state index contributed by atoms with van der Waals surface area (Å²) in [6.07, 6.45) is -1.57. The third-order valence-corrected chi connectivity index (χ3v) is 11.0. The second-order valence-electron chi connectivity index (χ2n) is 12.2. The number of alkyl halides is 3. The average Bonchev–Trinajstić information content (AvgIpc) is 3.65. The van der Waals surface area contributed by atoms with Crippen LogP contribution in [0.25, 0.3) is 11.0 Å². The molecule has 1 aliphatic carbocycles. The first-order valence-electron chi connectivity index (χ1n) is 15.9. The number of halogens is 4. The second-order valence-corrected chi connectivity index (χ2v) is 14.5. The standard InChI is InChI=1S/C33H35ClF3N5O6S/c1-5-23-17-42(49(44,45)28-12-22(34)15-38-32(28)47-23)16-21-11-20(10-19-8-7-9-24(19)21)26(14-29(43)46-6-2)25-13-27(48-33(35,36)37)31-30(18(25)3)39-40-41(31)4/h10-13,15,23,26H,5-9,14,16-17H2,1-4H3/t23-,26-/m1/s1. The third-order valence-electron chi connectivity index (χ3n) is 9.03. The Kier molecular flexibility index (Phi) is 9.54. The minimum Gasteiger partial charge on any atom is -0.472 e. The molecule has 3 heterocycles. The number of carbonyl (C=O) groups is 1. The van der Waals surface area contributed by atoms with E-state index in [4.69, 9.17) is 21.1 Å². The zero-order valence-corrected chi connectivity index (χ0v) is 28.9. The number of sulfonamides is 1. The summed E-state index contributed by atoms with van der Waals surface area (Å²) in [4.78, 5) is 17.1. The van der Waals surface area contributed by atoms with E-state index >= 15 is 0 Å². The highest BCUT2D eigenvalue weighted by molar-refractivity contribution is 7.89. The van der Waals surface area contributed by atoms with Crippen LogP contribution in [0.15, 0.2) is 35.4 Å². The maximum absolute atomic E-state index is 14.1. The van der Waals surface area contributed by atoms with Gasteiger partial charge in [-0.2, -0.15) is 4.31 Å². The molecule has 0 amide bonds. The molecule has 262 valence electrons. The predicted octanol–water partition coefficient (Wildman–Crippen LogP) is 6.16. The van der Waals surface area contributed by atoms with E-state index in [9.17, 15) is 26.4 Å². The summed E-state index contributed by atoms with van der Waals surface area (Å²) in [5, 5.41) is 8.21. The Morgan fingerprint density at radius 2 is 1.96 bits per heavy atom. The maximum atomic E-state index is 14.1. The molecule has 0 fully saturated rings. The summed E-state index contributed by atoms with van der Waals surface area (Å²) in [5.41, 5.74) is 4.47. The van der Waals surface area contributed by atoms with Gasteiger partial charge in [0.25, 0.3) is 0 Å². The largest absolute Gasteiger partial charge is 0.573 e. The van der Waals surface area contributed by atoms with Gasteiger partial charge >= 0.3 is 12.3 Å². The smallest absolute Gasteiger partial charge is 0.472 e. The first-order valence-corrected chi connectivity index (χ1v) is 17.7. The Balaban J connectivity index is 1.50. The van der Waals surface area contributed by atoms with Crippen LogP contribution in [0, 0.1) is 6.92 Å². The van der Waals surface area contributed by atoms with Crippen LogP contribution < -0.4 is 9.47 Å². The lowest BCUT2D eigenvalue weighted by Gasteiger charge is -2.26. The fraction of sp³-hybridized carbons (Fsp3) is 0.455. The van der Waals surface area contributed by atoms with Crippen LogP contribution in [0.2, 0.25) is 5.02 Å². The van der Waals surface area contributed by atoms with Gasteiger partial charge in [0.2, 0.25) is 15.9 Å². The zero-order valence-electron chi connectivity index (χ0n) is 27.3. The van der Waals surface area contributed by atoms with Crippen molar-refractivity contribution in [2.45, 2.75) is 82.7 Å². The number of aryl methyl sites for hydroxylation is 3. The van der Waals surface area contributed by atoms with Crippen molar-refractivity contribution in [2.24, 2.45) is 7.05 Å². The van der Waals surface area contributed by atoms with E-state index in [0.29, 0.717) is 36.0 Å². The number of hydrogen-bond donors (Lipinski definition) is 0. The van der Waals surface area contributed by atoms with Crippen LogP contribution in [-0.2, 0) is 46.0 Å². The van der Waals surface area contributed by atoms with Gasteiger partial charge in [0.15, 0.2) is 5.75 Å². The molecule has 0 N–H and O–H groups in total. The van der Waals surface area contributed by atoms with Crippen molar-refractivity contribution in [2.75, 3.05) is 13.2 Å². The van der Waals surface area contributed by atoms with E-state index in [2.05, 4.69) is 20.0 Å². The Hall–Kier alpha value is -3.95. The van der Waals surface area contributed by atoms with Crippen LogP contribution >= 0.6 is 11.6 Å². The molecule has 0 spiro atoms. The Morgan fingerprint density at radius 3 is 2.67 bits per heavy atom. The molecule has 2 aromatic carbocycles. The summed E-state index contributed by atoms with van der Waals surface area (Å²) in [7, 11) is -2.65. The molecule has 1 aliphatic heterocycles. The van der Waals surface area contributed by atoms with E-state index < -0.39 is 40.1 Å². The summed E-state index contributed by atoms with van der Waals surface area (Å²) in [6.45, 7) is 5.42. The fourth-order valence-electron chi connectivity index (χ4n) is 6.76. The number of rotatable bonds is 9. The minimum absolute atomic E-state index is 0.0128. The topological polar surface area (TPSA) is 126 Å². The Morgan fingerprint density at radius 1 is 1.18 bits per heavy atom. The van der Waals surface area contributed by atoms with Crippen molar-refractivity contribution in [3.05, 3.63) is 68.9 Å². The van der Waals surface area contributed by atoms with Gasteiger partial charge in [-0.25, -0.2) is 18.1 Å². The lowest BCUT2D eigenvalue weighted by atomic mass is 9.83. The van der Waals surface area contributed by atoms with Crippen LogP contribution in [0.4, 0.5) is 13.2 Å². The van der Waals surface area contributed by atoms with Crippen molar-refractivity contribution in [1.29, 1.82) is 0 Å². The monoisotopic (exact) mass is 721 g/mol. The highest BCUT2D eigenvalue weighted by atomic mass is 35.5. The van der Waals surface area contributed by atoms with Crippen molar-refractivity contribution in [3.8, 4) is 11.6 Å². The number of carbonyl (C=O) groups excluding carboxylic acids is 1. The van der Waals surface area contributed by atoms with Gasteiger partial charge in [-0.05, 0) is 85.0 Å².